The lowest BCUT2D eigenvalue weighted by molar-refractivity contribution is -0.140. The van der Waals surface area contributed by atoms with E-state index in [4.69, 9.17) is 9.47 Å². The zero-order chi connectivity index (χ0) is 26.9. The van der Waals surface area contributed by atoms with Gasteiger partial charge in [-0.1, -0.05) is 24.3 Å². The van der Waals surface area contributed by atoms with Crippen molar-refractivity contribution in [3.8, 4) is 0 Å². The normalized spacial score (nSPS) is 20.9. The highest BCUT2D eigenvalue weighted by Crippen LogP contribution is 2.39. The summed E-state index contributed by atoms with van der Waals surface area (Å²) in [5, 5.41) is 0. The van der Waals surface area contributed by atoms with E-state index in [0.717, 1.165) is 0 Å². The molecule has 0 fully saturated rings. The number of esters is 2. The molecule has 194 valence electrons. The standard InChI is InChI=1S/C26H34N4O6/c1-9-35-23(31)19-15(3)27(5)25(33)29(7)21(19)17-11-13-18(14-12-17)22-20(24(32)36-10-2)16(4)28(6)26(34)30(22)8/h11-14,21-22H,9-10H2,1-8H3/t21-,22-/m1/s1. The highest BCUT2D eigenvalue weighted by molar-refractivity contribution is 5.96. The summed E-state index contributed by atoms with van der Waals surface area (Å²) >= 11 is 0. The first-order chi connectivity index (χ1) is 17.0. The van der Waals surface area contributed by atoms with Gasteiger partial charge in [0.1, 0.15) is 0 Å². The lowest BCUT2D eigenvalue weighted by Gasteiger charge is -2.40. The molecule has 2 aliphatic heterocycles. The molecule has 4 amide bonds. The zero-order valence-electron chi connectivity index (χ0n) is 22.1. The lowest BCUT2D eigenvalue weighted by atomic mass is 9.89. The molecule has 0 radical (unpaired) electrons. The van der Waals surface area contributed by atoms with E-state index in [1.165, 1.54) is 19.6 Å². The van der Waals surface area contributed by atoms with Gasteiger partial charge in [-0.3, -0.25) is 0 Å². The molecule has 0 N–H and O–H groups in total. The van der Waals surface area contributed by atoms with Gasteiger partial charge in [0, 0.05) is 39.6 Å². The molecule has 0 saturated heterocycles. The van der Waals surface area contributed by atoms with Gasteiger partial charge in [-0.05, 0) is 38.8 Å². The first-order valence-electron chi connectivity index (χ1n) is 11.8. The predicted octanol–water partition coefficient (Wildman–Crippen LogP) is 3.44. The van der Waals surface area contributed by atoms with Crippen molar-refractivity contribution < 1.29 is 28.7 Å². The SMILES string of the molecule is CCOC(=O)C1=C(C)N(C)C(=O)N(C)[C@@H]1c1ccc([C@@H]2C(C(=O)OCC)=C(C)N(C)C(=O)N2C)cc1. The van der Waals surface area contributed by atoms with E-state index in [1.807, 2.05) is 0 Å². The topological polar surface area (TPSA) is 99.7 Å². The number of rotatable bonds is 6. The van der Waals surface area contributed by atoms with Crippen molar-refractivity contribution in [1.82, 2.24) is 19.6 Å². The van der Waals surface area contributed by atoms with Gasteiger partial charge in [0.25, 0.3) is 0 Å². The van der Waals surface area contributed by atoms with Crippen molar-refractivity contribution in [3.63, 3.8) is 0 Å². The number of amides is 4. The summed E-state index contributed by atoms with van der Waals surface area (Å²) in [5.74, 6) is -0.974. The van der Waals surface area contributed by atoms with Gasteiger partial charge in [-0.25, -0.2) is 19.2 Å². The molecule has 1 aromatic carbocycles. The molecule has 0 spiro atoms. The second-order valence-corrected chi connectivity index (χ2v) is 8.82. The maximum Gasteiger partial charge on any atom is 0.338 e. The largest absolute Gasteiger partial charge is 0.463 e. The molecule has 0 saturated carbocycles. The quantitative estimate of drug-likeness (QED) is 0.557. The molecule has 10 heteroatoms. The van der Waals surface area contributed by atoms with E-state index < -0.39 is 24.0 Å². The summed E-state index contributed by atoms with van der Waals surface area (Å²) in [4.78, 5) is 57.3. The van der Waals surface area contributed by atoms with Crippen LogP contribution >= 0.6 is 0 Å². The number of allylic oxidation sites excluding steroid dienone is 2. The van der Waals surface area contributed by atoms with Crippen LogP contribution in [0.2, 0.25) is 0 Å². The third-order valence-corrected chi connectivity index (χ3v) is 6.84. The molecule has 0 aliphatic carbocycles. The molecular weight excluding hydrogens is 464 g/mol. The summed E-state index contributed by atoms with van der Waals surface area (Å²) in [6.07, 6.45) is 0. The molecule has 0 bridgehead atoms. The molecule has 2 heterocycles. The first kappa shape index (κ1) is 26.8. The highest BCUT2D eigenvalue weighted by atomic mass is 16.5. The van der Waals surface area contributed by atoms with Crippen LogP contribution in [0.4, 0.5) is 9.59 Å². The Kier molecular flexibility index (Phi) is 7.76. The lowest BCUT2D eigenvalue weighted by Crippen LogP contribution is -2.47. The molecule has 2 aliphatic rings. The number of hydrogen-bond donors (Lipinski definition) is 0. The Hall–Kier alpha value is -3.82. The predicted molar refractivity (Wildman–Crippen MR) is 132 cm³/mol. The summed E-state index contributed by atoms with van der Waals surface area (Å²) in [6.45, 7) is 7.32. The molecule has 2 atom stereocenters. The fourth-order valence-electron chi connectivity index (χ4n) is 4.70. The molecule has 0 unspecified atom stereocenters. The van der Waals surface area contributed by atoms with E-state index in [1.54, 1.807) is 80.2 Å². The molecule has 36 heavy (non-hydrogen) atoms. The number of nitrogens with zero attached hydrogens (tertiary/aromatic N) is 4. The first-order valence-corrected chi connectivity index (χ1v) is 11.8. The summed E-state index contributed by atoms with van der Waals surface area (Å²) in [7, 11) is 6.51. The smallest absolute Gasteiger partial charge is 0.338 e. The third kappa shape index (κ3) is 4.43. The Morgan fingerprint density at radius 3 is 1.28 bits per heavy atom. The molecule has 0 aromatic heterocycles. The zero-order valence-corrected chi connectivity index (χ0v) is 22.1. The maximum atomic E-state index is 12.9. The van der Waals surface area contributed by atoms with E-state index in [9.17, 15) is 19.2 Å². The Bertz CT molecular complexity index is 1050. The van der Waals surface area contributed by atoms with Crippen LogP contribution in [0.15, 0.2) is 46.8 Å². The third-order valence-electron chi connectivity index (χ3n) is 6.84. The van der Waals surface area contributed by atoms with Crippen LogP contribution in [0.5, 0.6) is 0 Å². The van der Waals surface area contributed by atoms with Gasteiger partial charge >= 0.3 is 24.0 Å². The minimum Gasteiger partial charge on any atom is -0.463 e. The van der Waals surface area contributed by atoms with Crippen molar-refractivity contribution in [2.75, 3.05) is 41.4 Å². The summed E-state index contributed by atoms with van der Waals surface area (Å²) < 4.78 is 10.6. The van der Waals surface area contributed by atoms with Gasteiger partial charge < -0.3 is 29.1 Å². The van der Waals surface area contributed by atoms with Crippen LogP contribution in [-0.4, -0.2) is 85.0 Å². The van der Waals surface area contributed by atoms with Gasteiger partial charge in [-0.2, -0.15) is 0 Å². The minimum absolute atomic E-state index is 0.210. The van der Waals surface area contributed by atoms with Crippen LogP contribution in [0.3, 0.4) is 0 Å². The van der Waals surface area contributed by atoms with Gasteiger partial charge in [0.2, 0.25) is 0 Å². The molecule has 3 rings (SSSR count). The second-order valence-electron chi connectivity index (χ2n) is 8.82. The second kappa shape index (κ2) is 10.4. The van der Waals surface area contributed by atoms with Gasteiger partial charge in [-0.15, -0.1) is 0 Å². The van der Waals surface area contributed by atoms with Gasteiger partial charge in [0.05, 0.1) is 36.4 Å². The van der Waals surface area contributed by atoms with Crippen molar-refractivity contribution >= 4 is 24.0 Å². The molecule has 10 nitrogen and oxygen atoms in total. The van der Waals surface area contributed by atoms with Crippen LogP contribution in [0.1, 0.15) is 50.9 Å². The maximum absolute atomic E-state index is 12.9. The van der Waals surface area contributed by atoms with Crippen molar-refractivity contribution in [2.24, 2.45) is 0 Å². The van der Waals surface area contributed by atoms with Crippen molar-refractivity contribution in [1.29, 1.82) is 0 Å². The Morgan fingerprint density at radius 2 is 1.00 bits per heavy atom. The number of ether oxygens (including phenoxy) is 2. The summed E-state index contributed by atoms with van der Waals surface area (Å²) in [6, 6.07) is 5.40. The van der Waals surface area contributed by atoms with Gasteiger partial charge in [0.15, 0.2) is 0 Å². The van der Waals surface area contributed by atoms with E-state index in [2.05, 4.69) is 0 Å². The average molecular weight is 499 g/mol. The fraction of sp³-hybridized carbons (Fsp3) is 0.462. The number of likely N-dealkylation sites (N-methyl/N-ethyl adjacent to an activating group) is 2. The number of carbonyl (C=O) groups is 4. The highest BCUT2D eigenvalue weighted by Gasteiger charge is 2.41. The Balaban J connectivity index is 2.09. The Morgan fingerprint density at radius 1 is 0.694 bits per heavy atom. The van der Waals surface area contributed by atoms with Crippen LogP contribution in [0, 0.1) is 0 Å². The average Bonchev–Trinajstić information content (AvgIpc) is 2.86. The van der Waals surface area contributed by atoms with Crippen molar-refractivity contribution in [3.05, 3.63) is 57.9 Å². The summed E-state index contributed by atoms with van der Waals surface area (Å²) in [5.41, 5.74) is 3.20. The van der Waals surface area contributed by atoms with E-state index in [0.29, 0.717) is 33.7 Å². The minimum atomic E-state index is -0.652. The van der Waals surface area contributed by atoms with Crippen LogP contribution < -0.4 is 0 Å². The molecule has 1 aromatic rings. The van der Waals surface area contributed by atoms with Crippen molar-refractivity contribution in [2.45, 2.75) is 39.8 Å². The fourth-order valence-corrected chi connectivity index (χ4v) is 4.70. The van der Waals surface area contributed by atoms with E-state index >= 15 is 0 Å². The monoisotopic (exact) mass is 498 g/mol. The van der Waals surface area contributed by atoms with E-state index in [-0.39, 0.29) is 25.3 Å². The Labute approximate surface area is 211 Å². The number of benzene rings is 1. The number of hydrogen-bond acceptors (Lipinski definition) is 6. The van der Waals surface area contributed by atoms with Crippen LogP contribution in [-0.2, 0) is 19.1 Å². The van der Waals surface area contributed by atoms with Crippen LogP contribution in [0.25, 0.3) is 0 Å². The number of urea groups is 2. The molecular formula is C26H34N4O6. The number of carbonyl (C=O) groups excluding carboxylic acids is 4.